The van der Waals surface area contributed by atoms with Crippen molar-refractivity contribution in [1.29, 1.82) is 0 Å². The highest BCUT2D eigenvalue weighted by atomic mass is 35.5. The lowest BCUT2D eigenvalue weighted by atomic mass is 9.57. The highest BCUT2D eigenvalue weighted by Gasteiger charge is 2.54. The number of halogens is 5. The second-order valence-corrected chi connectivity index (χ2v) is 11.6. The minimum absolute atomic E-state index is 0.0442. The predicted octanol–water partition coefficient (Wildman–Crippen LogP) is 4.83. The van der Waals surface area contributed by atoms with Crippen molar-refractivity contribution in [3.8, 4) is 5.69 Å². The van der Waals surface area contributed by atoms with E-state index >= 15 is 0 Å². The number of benzene rings is 1. The van der Waals surface area contributed by atoms with Gasteiger partial charge < -0.3 is 9.64 Å². The van der Waals surface area contributed by atoms with Gasteiger partial charge in [-0.25, -0.2) is 22.5 Å². The lowest BCUT2D eigenvalue weighted by molar-refractivity contribution is -0.142. The summed E-state index contributed by atoms with van der Waals surface area (Å²) >= 11 is 6.33. The van der Waals surface area contributed by atoms with E-state index in [4.69, 9.17) is 16.3 Å². The molecule has 200 valence electrons. The molecule has 5 heterocycles. The number of nitrogens with zero attached hydrogens (tertiary/aromatic N) is 6. The molecule has 12 heteroatoms. The minimum atomic E-state index is -2.95. The molecule has 0 bridgehead atoms. The monoisotopic (exact) mass is 548 g/mol. The summed E-state index contributed by atoms with van der Waals surface area (Å²) < 4.78 is 61.9. The predicted molar refractivity (Wildman–Crippen MR) is 131 cm³/mol. The van der Waals surface area contributed by atoms with E-state index in [0.29, 0.717) is 37.0 Å². The van der Waals surface area contributed by atoms with E-state index in [0.717, 1.165) is 41.8 Å². The van der Waals surface area contributed by atoms with E-state index < -0.39 is 23.6 Å². The van der Waals surface area contributed by atoms with E-state index in [1.165, 1.54) is 6.07 Å². The summed E-state index contributed by atoms with van der Waals surface area (Å²) in [5, 5.41) is 9.70. The highest BCUT2D eigenvalue weighted by Crippen LogP contribution is 2.56. The molecule has 38 heavy (non-hydrogen) atoms. The highest BCUT2D eigenvalue weighted by molar-refractivity contribution is 6.30. The smallest absolute Gasteiger partial charge is 0.283 e. The van der Waals surface area contributed by atoms with Crippen molar-refractivity contribution >= 4 is 17.4 Å². The molecule has 1 aliphatic carbocycles. The van der Waals surface area contributed by atoms with E-state index in [9.17, 15) is 17.6 Å². The molecule has 0 amide bonds. The Morgan fingerprint density at radius 3 is 2.58 bits per heavy atom. The molecule has 3 fully saturated rings. The van der Waals surface area contributed by atoms with Crippen LogP contribution < -0.4 is 4.90 Å². The quantitative estimate of drug-likeness (QED) is 0.426. The largest absolute Gasteiger partial charge is 0.375 e. The lowest BCUT2D eigenvalue weighted by Gasteiger charge is -2.59. The van der Waals surface area contributed by atoms with Gasteiger partial charge in [0.15, 0.2) is 17.3 Å². The molecule has 3 aromatic rings. The van der Waals surface area contributed by atoms with Crippen molar-refractivity contribution in [2.45, 2.75) is 43.9 Å². The van der Waals surface area contributed by atoms with Crippen molar-refractivity contribution in [2.75, 3.05) is 37.7 Å². The Labute approximate surface area is 221 Å². The fourth-order valence-electron chi connectivity index (χ4n) is 6.41. The van der Waals surface area contributed by atoms with Crippen LogP contribution in [0.1, 0.15) is 48.1 Å². The third-order valence-corrected chi connectivity index (χ3v) is 8.43. The molecule has 7 nitrogen and oxygen atoms in total. The van der Waals surface area contributed by atoms with Crippen LogP contribution >= 0.6 is 11.6 Å². The SMILES string of the molecule is Fc1ccc(N2CC3(CC(c4nnc5n4-c4ccc(Cl)cc4CN(CC4(F)COC4)C5)C3)C2)nc1C(F)F. The van der Waals surface area contributed by atoms with Crippen molar-refractivity contribution in [1.82, 2.24) is 24.6 Å². The number of alkyl halides is 3. The van der Waals surface area contributed by atoms with Crippen LogP contribution in [0, 0.1) is 11.2 Å². The van der Waals surface area contributed by atoms with E-state index in [-0.39, 0.29) is 31.1 Å². The molecule has 7 rings (SSSR count). The number of hydrogen-bond donors (Lipinski definition) is 0. The zero-order chi connectivity index (χ0) is 26.2. The van der Waals surface area contributed by atoms with Gasteiger partial charge >= 0.3 is 0 Å². The lowest BCUT2D eigenvalue weighted by Crippen LogP contribution is -2.62. The van der Waals surface area contributed by atoms with Crippen molar-refractivity contribution < 1.29 is 22.3 Å². The Morgan fingerprint density at radius 1 is 1.08 bits per heavy atom. The van der Waals surface area contributed by atoms with Gasteiger partial charge in [0, 0.05) is 42.5 Å². The first kappa shape index (κ1) is 24.3. The van der Waals surface area contributed by atoms with Crippen LogP contribution in [0.3, 0.4) is 0 Å². The van der Waals surface area contributed by atoms with Gasteiger partial charge in [-0.15, -0.1) is 10.2 Å². The van der Waals surface area contributed by atoms with Gasteiger partial charge in [-0.2, -0.15) is 0 Å². The Morgan fingerprint density at radius 2 is 1.87 bits per heavy atom. The Hall–Kier alpha value is -2.76. The average Bonchev–Trinajstić information content (AvgIpc) is 3.13. The van der Waals surface area contributed by atoms with Crippen LogP contribution in [0.5, 0.6) is 0 Å². The summed E-state index contributed by atoms with van der Waals surface area (Å²) in [7, 11) is 0. The number of aromatic nitrogens is 4. The molecule has 1 spiro atoms. The fraction of sp³-hybridized carbons (Fsp3) is 0.500. The van der Waals surface area contributed by atoms with Gasteiger partial charge in [0.1, 0.15) is 17.3 Å². The second kappa shape index (κ2) is 8.62. The molecule has 0 radical (unpaired) electrons. The van der Waals surface area contributed by atoms with E-state index in [1.54, 1.807) is 0 Å². The summed E-state index contributed by atoms with van der Waals surface area (Å²) in [5.41, 5.74) is -0.180. The molecule has 2 saturated heterocycles. The molecule has 0 unspecified atom stereocenters. The second-order valence-electron chi connectivity index (χ2n) is 11.2. The molecule has 2 aromatic heterocycles. The normalized spacial score (nSPS) is 21.9. The summed E-state index contributed by atoms with van der Waals surface area (Å²) in [5.74, 6) is 1.20. The van der Waals surface area contributed by atoms with Gasteiger partial charge in [-0.3, -0.25) is 9.47 Å². The number of anilines is 1. The van der Waals surface area contributed by atoms with Crippen LogP contribution in [0.25, 0.3) is 5.69 Å². The zero-order valence-electron chi connectivity index (χ0n) is 20.4. The molecular weight excluding hydrogens is 524 g/mol. The zero-order valence-corrected chi connectivity index (χ0v) is 21.1. The summed E-state index contributed by atoms with van der Waals surface area (Å²) in [6.45, 7) is 2.79. The average molecular weight is 549 g/mol. The topological polar surface area (TPSA) is 59.3 Å². The molecule has 0 atom stereocenters. The van der Waals surface area contributed by atoms with E-state index in [1.807, 2.05) is 28.0 Å². The minimum Gasteiger partial charge on any atom is -0.375 e. The first-order valence-corrected chi connectivity index (χ1v) is 13.0. The maximum absolute atomic E-state index is 14.9. The first-order chi connectivity index (χ1) is 18.2. The molecule has 0 N–H and O–H groups in total. The number of rotatable bonds is 5. The molecular formula is C26H25ClF4N6O. The standard InChI is InChI=1S/C26H25ClF4N6O/c27-17-1-3-19-15(5-17)8-35(12-26(31)13-38-14-26)9-21-33-34-24(37(19)21)16-6-25(7-16)10-36(11-25)20-4-2-18(28)22(32-20)23(29)30/h1-5,16,23H,6-14H2. The summed E-state index contributed by atoms with van der Waals surface area (Å²) in [6, 6.07) is 8.23. The Balaban J connectivity index is 1.10. The molecule has 1 aromatic carbocycles. The van der Waals surface area contributed by atoms with Gasteiger partial charge in [0.05, 0.1) is 25.4 Å². The third kappa shape index (κ3) is 3.97. The molecule has 1 saturated carbocycles. The van der Waals surface area contributed by atoms with Gasteiger partial charge in [0.25, 0.3) is 6.43 Å². The van der Waals surface area contributed by atoms with Crippen LogP contribution in [-0.2, 0) is 17.8 Å². The summed E-state index contributed by atoms with van der Waals surface area (Å²) in [6.07, 6.45) is -1.20. The number of pyridine rings is 1. The van der Waals surface area contributed by atoms with E-state index in [2.05, 4.69) is 19.7 Å². The van der Waals surface area contributed by atoms with Gasteiger partial charge in [-0.1, -0.05) is 11.6 Å². The Kier molecular flexibility index (Phi) is 5.51. The Bertz CT molecular complexity index is 1400. The molecule has 4 aliphatic rings. The molecule has 3 aliphatic heterocycles. The number of hydrogen-bond acceptors (Lipinski definition) is 6. The maximum Gasteiger partial charge on any atom is 0.283 e. The third-order valence-electron chi connectivity index (χ3n) is 8.19. The van der Waals surface area contributed by atoms with Crippen molar-refractivity contribution in [2.24, 2.45) is 5.41 Å². The fourth-order valence-corrected chi connectivity index (χ4v) is 6.61. The van der Waals surface area contributed by atoms with Crippen LogP contribution in [0.4, 0.5) is 23.4 Å². The van der Waals surface area contributed by atoms with Gasteiger partial charge in [0.2, 0.25) is 0 Å². The van der Waals surface area contributed by atoms with Crippen molar-refractivity contribution in [3.05, 3.63) is 64.1 Å². The van der Waals surface area contributed by atoms with Crippen LogP contribution in [-0.4, -0.2) is 63.2 Å². The van der Waals surface area contributed by atoms with Crippen LogP contribution in [0.15, 0.2) is 30.3 Å². The van der Waals surface area contributed by atoms with Crippen LogP contribution in [0.2, 0.25) is 5.02 Å². The number of ether oxygens (including phenoxy) is 1. The summed E-state index contributed by atoms with van der Waals surface area (Å²) in [4.78, 5) is 7.80. The number of fused-ring (bicyclic) bond motifs is 3. The van der Waals surface area contributed by atoms with Gasteiger partial charge in [-0.05, 0) is 48.7 Å². The van der Waals surface area contributed by atoms with Crippen molar-refractivity contribution in [3.63, 3.8) is 0 Å². The first-order valence-electron chi connectivity index (χ1n) is 12.6. The maximum atomic E-state index is 14.9.